The predicted molar refractivity (Wildman–Crippen MR) is 93.2 cm³/mol. The quantitative estimate of drug-likeness (QED) is 0.910. The molecule has 25 heavy (non-hydrogen) atoms. The summed E-state index contributed by atoms with van der Waals surface area (Å²) in [5, 5.41) is 7.10. The Balaban J connectivity index is 1.35. The van der Waals surface area contributed by atoms with Crippen LogP contribution in [0.2, 0.25) is 0 Å². The second kappa shape index (κ2) is 6.86. The lowest BCUT2D eigenvalue weighted by Gasteiger charge is -2.33. The van der Waals surface area contributed by atoms with Crippen LogP contribution in [0.4, 0.5) is 4.79 Å². The Morgan fingerprint density at radius 1 is 1.24 bits per heavy atom. The van der Waals surface area contributed by atoms with Gasteiger partial charge in [0, 0.05) is 19.0 Å². The van der Waals surface area contributed by atoms with Crippen molar-refractivity contribution >= 4 is 6.03 Å². The van der Waals surface area contributed by atoms with Crippen molar-refractivity contribution in [2.24, 2.45) is 0 Å². The number of hydrogen-bond donors (Lipinski definition) is 1. The maximum Gasteiger partial charge on any atom is 0.317 e. The summed E-state index contributed by atoms with van der Waals surface area (Å²) < 4.78 is 5.28. The number of nitrogens with zero attached hydrogens (tertiary/aromatic N) is 3. The van der Waals surface area contributed by atoms with Gasteiger partial charge < -0.3 is 14.7 Å². The third-order valence-corrected chi connectivity index (χ3v) is 5.34. The minimum absolute atomic E-state index is 0.0434. The molecule has 1 atom stereocenters. The molecule has 1 aliphatic carbocycles. The second-order valence-electron chi connectivity index (χ2n) is 7.03. The van der Waals surface area contributed by atoms with Gasteiger partial charge in [-0.25, -0.2) is 4.79 Å². The maximum atomic E-state index is 12.7. The largest absolute Gasteiger partial charge is 0.339 e. The first-order chi connectivity index (χ1) is 12.2. The van der Waals surface area contributed by atoms with Gasteiger partial charge in [-0.2, -0.15) is 4.98 Å². The summed E-state index contributed by atoms with van der Waals surface area (Å²) in [6.45, 7) is 3.29. The Labute approximate surface area is 147 Å². The zero-order valence-electron chi connectivity index (χ0n) is 14.6. The maximum absolute atomic E-state index is 12.7. The molecule has 132 valence electrons. The van der Waals surface area contributed by atoms with Gasteiger partial charge in [0.05, 0.1) is 6.04 Å². The number of piperidine rings is 1. The Morgan fingerprint density at radius 2 is 2.04 bits per heavy atom. The summed E-state index contributed by atoms with van der Waals surface area (Å²) >= 11 is 0. The first kappa shape index (κ1) is 16.1. The van der Waals surface area contributed by atoms with Gasteiger partial charge in [-0.05, 0) is 50.2 Å². The van der Waals surface area contributed by atoms with E-state index in [1.54, 1.807) is 0 Å². The van der Waals surface area contributed by atoms with Crippen molar-refractivity contribution in [1.29, 1.82) is 0 Å². The summed E-state index contributed by atoms with van der Waals surface area (Å²) in [5.41, 5.74) is 2.64. The fraction of sp³-hybridized carbons (Fsp3) is 0.526. The number of likely N-dealkylation sites (tertiary alicyclic amines) is 1. The van der Waals surface area contributed by atoms with Gasteiger partial charge in [-0.15, -0.1) is 0 Å². The summed E-state index contributed by atoms with van der Waals surface area (Å²) in [6.07, 6.45) is 4.99. The first-order valence-corrected chi connectivity index (χ1v) is 9.14. The van der Waals surface area contributed by atoms with Crippen molar-refractivity contribution in [2.45, 2.75) is 51.0 Å². The van der Waals surface area contributed by atoms with Crippen LogP contribution in [-0.4, -0.2) is 34.2 Å². The van der Waals surface area contributed by atoms with Gasteiger partial charge in [0.15, 0.2) is 5.82 Å². The normalized spacial score (nSPS) is 21.0. The van der Waals surface area contributed by atoms with Gasteiger partial charge in [0.2, 0.25) is 5.89 Å². The van der Waals surface area contributed by atoms with E-state index < -0.39 is 0 Å². The highest BCUT2D eigenvalue weighted by atomic mass is 16.5. The molecule has 2 aliphatic rings. The number of urea groups is 1. The average molecular weight is 340 g/mol. The van der Waals surface area contributed by atoms with Crippen molar-refractivity contribution < 1.29 is 9.32 Å². The molecule has 2 amide bonds. The summed E-state index contributed by atoms with van der Waals surface area (Å²) in [5.74, 6) is 1.64. The van der Waals surface area contributed by atoms with Crippen LogP contribution in [0.3, 0.4) is 0 Å². The van der Waals surface area contributed by atoms with E-state index in [2.05, 4.69) is 39.7 Å². The van der Waals surface area contributed by atoms with E-state index in [4.69, 9.17) is 4.52 Å². The second-order valence-corrected chi connectivity index (χ2v) is 7.03. The molecule has 1 unspecified atom stereocenters. The first-order valence-electron chi connectivity index (χ1n) is 9.14. The molecule has 0 saturated carbocycles. The number of aryl methyl sites for hydroxylation is 2. The van der Waals surface area contributed by atoms with Gasteiger partial charge in [0.25, 0.3) is 0 Å². The number of carbonyl (C=O) groups excluding carboxylic acids is 1. The molecule has 2 heterocycles. The van der Waals surface area contributed by atoms with E-state index in [9.17, 15) is 4.79 Å². The highest BCUT2D eigenvalue weighted by Gasteiger charge is 2.29. The molecule has 1 aromatic carbocycles. The van der Waals surface area contributed by atoms with Gasteiger partial charge in [-0.1, -0.05) is 29.4 Å². The number of rotatable bonds is 2. The standard InChI is InChI=1S/C19H24N4O2/c1-13-20-18(25-22-13)15-9-11-23(12-10-15)19(24)21-17-8-4-6-14-5-2-3-7-16(14)17/h2-3,5,7,15,17H,4,6,8-12H2,1H3,(H,21,24). The summed E-state index contributed by atoms with van der Waals surface area (Å²) in [6, 6.07) is 8.62. The molecule has 0 spiro atoms. The fourth-order valence-electron chi connectivity index (χ4n) is 3.95. The van der Waals surface area contributed by atoms with Crippen LogP contribution in [0, 0.1) is 6.92 Å². The molecule has 0 radical (unpaired) electrons. The summed E-state index contributed by atoms with van der Waals surface area (Å²) in [7, 11) is 0. The molecule has 0 bridgehead atoms. The van der Waals surface area contributed by atoms with Crippen LogP contribution in [-0.2, 0) is 6.42 Å². The molecule has 1 saturated heterocycles. The fourth-order valence-corrected chi connectivity index (χ4v) is 3.95. The van der Waals surface area contributed by atoms with E-state index in [1.807, 2.05) is 11.8 Å². The number of nitrogens with one attached hydrogen (secondary N) is 1. The Kier molecular flexibility index (Phi) is 4.42. The van der Waals surface area contributed by atoms with Crippen LogP contribution in [0.5, 0.6) is 0 Å². The van der Waals surface area contributed by atoms with Gasteiger partial charge in [0.1, 0.15) is 0 Å². The molecular formula is C19H24N4O2. The topological polar surface area (TPSA) is 71.3 Å². The monoisotopic (exact) mass is 340 g/mol. The van der Waals surface area contributed by atoms with Crippen LogP contribution in [0.25, 0.3) is 0 Å². The minimum atomic E-state index is 0.0434. The zero-order chi connectivity index (χ0) is 17.2. The Morgan fingerprint density at radius 3 is 2.80 bits per heavy atom. The predicted octanol–water partition coefficient (Wildman–Crippen LogP) is 3.34. The van der Waals surface area contributed by atoms with Crippen molar-refractivity contribution in [1.82, 2.24) is 20.4 Å². The highest BCUT2D eigenvalue weighted by Crippen LogP contribution is 2.30. The molecule has 1 aromatic heterocycles. The van der Waals surface area contributed by atoms with Crippen molar-refractivity contribution in [3.05, 3.63) is 47.1 Å². The molecule has 6 heteroatoms. The lowest BCUT2D eigenvalue weighted by atomic mass is 9.88. The minimum Gasteiger partial charge on any atom is -0.339 e. The highest BCUT2D eigenvalue weighted by molar-refractivity contribution is 5.75. The number of fused-ring (bicyclic) bond motifs is 1. The SMILES string of the molecule is Cc1noc(C2CCN(C(=O)NC3CCCc4ccccc43)CC2)n1. The number of hydrogen-bond acceptors (Lipinski definition) is 4. The lowest BCUT2D eigenvalue weighted by molar-refractivity contribution is 0.170. The van der Waals surface area contributed by atoms with E-state index in [1.165, 1.54) is 11.1 Å². The number of amides is 2. The third kappa shape index (κ3) is 3.38. The third-order valence-electron chi connectivity index (χ3n) is 5.34. The molecular weight excluding hydrogens is 316 g/mol. The Hall–Kier alpha value is -2.37. The van der Waals surface area contributed by atoms with Crippen LogP contribution in [0.15, 0.2) is 28.8 Å². The average Bonchev–Trinajstić information content (AvgIpc) is 3.08. The van der Waals surface area contributed by atoms with Crippen LogP contribution in [0.1, 0.15) is 60.5 Å². The van der Waals surface area contributed by atoms with Crippen molar-refractivity contribution in [3.63, 3.8) is 0 Å². The number of benzene rings is 1. The van der Waals surface area contributed by atoms with Crippen molar-refractivity contribution in [2.75, 3.05) is 13.1 Å². The van der Waals surface area contributed by atoms with Crippen molar-refractivity contribution in [3.8, 4) is 0 Å². The van der Waals surface area contributed by atoms with E-state index in [0.29, 0.717) is 11.7 Å². The molecule has 6 nitrogen and oxygen atoms in total. The zero-order valence-corrected chi connectivity index (χ0v) is 14.6. The smallest absolute Gasteiger partial charge is 0.317 e. The van der Waals surface area contributed by atoms with E-state index in [-0.39, 0.29) is 18.0 Å². The molecule has 1 N–H and O–H groups in total. The lowest BCUT2D eigenvalue weighted by Crippen LogP contribution is -2.45. The van der Waals surface area contributed by atoms with Crippen LogP contribution >= 0.6 is 0 Å². The van der Waals surface area contributed by atoms with Gasteiger partial charge in [-0.3, -0.25) is 0 Å². The molecule has 1 fully saturated rings. The van der Waals surface area contributed by atoms with E-state index in [0.717, 1.165) is 45.2 Å². The number of aromatic nitrogens is 2. The molecule has 1 aliphatic heterocycles. The number of carbonyl (C=O) groups is 1. The van der Waals surface area contributed by atoms with E-state index >= 15 is 0 Å². The Bertz CT molecular complexity index is 749. The molecule has 2 aromatic rings. The van der Waals surface area contributed by atoms with Crippen LogP contribution < -0.4 is 5.32 Å². The molecule has 4 rings (SSSR count). The van der Waals surface area contributed by atoms with Gasteiger partial charge >= 0.3 is 6.03 Å². The summed E-state index contributed by atoms with van der Waals surface area (Å²) in [4.78, 5) is 18.9.